The molecule has 0 aliphatic heterocycles. The van der Waals surface area contributed by atoms with Crippen molar-refractivity contribution in [3.8, 4) is 0 Å². The van der Waals surface area contributed by atoms with E-state index in [1.54, 1.807) is 12.1 Å². The number of para-hydroxylation sites is 2. The van der Waals surface area contributed by atoms with Crippen molar-refractivity contribution in [1.29, 1.82) is 0 Å². The number of carbonyl (C=O) groups is 2. The molecule has 1 saturated carbocycles. The fourth-order valence-electron chi connectivity index (χ4n) is 4.20. The smallest absolute Gasteiger partial charge is 0.223 e. The van der Waals surface area contributed by atoms with Gasteiger partial charge >= 0.3 is 0 Å². The normalized spacial score (nSPS) is 14.3. The van der Waals surface area contributed by atoms with Gasteiger partial charge in [-0.25, -0.2) is 4.98 Å². The molecule has 3 aromatic rings. The molecular weight excluding hydrogens is 362 g/mol. The van der Waals surface area contributed by atoms with Crippen molar-refractivity contribution in [2.24, 2.45) is 5.92 Å². The van der Waals surface area contributed by atoms with Crippen LogP contribution in [0.3, 0.4) is 0 Å². The molecule has 1 aliphatic rings. The van der Waals surface area contributed by atoms with Crippen LogP contribution in [0, 0.1) is 5.92 Å². The van der Waals surface area contributed by atoms with Crippen LogP contribution in [0.2, 0.25) is 0 Å². The molecule has 2 aromatic carbocycles. The van der Waals surface area contributed by atoms with Gasteiger partial charge in [0, 0.05) is 18.5 Å². The lowest BCUT2D eigenvalue weighted by molar-refractivity contribution is -0.132. The standard InChI is InChI=1S/C24H27N3O2/c28-17-20-11-9-19(10-12-20)15-27(24(29)14-13-18-5-1-2-6-18)16-23-25-21-7-3-4-8-22(21)26-23/h3-4,7-12,17-18H,1-2,5-6,13-16H2,(H,25,26). The highest BCUT2D eigenvalue weighted by Crippen LogP contribution is 2.29. The van der Waals surface area contributed by atoms with Crippen molar-refractivity contribution in [2.75, 3.05) is 0 Å². The first-order valence-corrected chi connectivity index (χ1v) is 10.5. The van der Waals surface area contributed by atoms with E-state index in [0.717, 1.165) is 35.1 Å². The number of aldehydes is 1. The number of nitrogens with zero attached hydrogens (tertiary/aromatic N) is 2. The molecule has 0 saturated heterocycles. The second-order valence-electron chi connectivity index (χ2n) is 8.00. The zero-order valence-corrected chi connectivity index (χ0v) is 16.6. The number of imidazole rings is 1. The summed E-state index contributed by atoms with van der Waals surface area (Å²) in [5, 5.41) is 0. The van der Waals surface area contributed by atoms with E-state index in [9.17, 15) is 9.59 Å². The summed E-state index contributed by atoms with van der Waals surface area (Å²) < 4.78 is 0. The number of carbonyl (C=O) groups excluding carboxylic acids is 2. The number of amides is 1. The van der Waals surface area contributed by atoms with Crippen molar-refractivity contribution in [2.45, 2.75) is 51.6 Å². The number of hydrogen-bond donors (Lipinski definition) is 1. The van der Waals surface area contributed by atoms with E-state index in [-0.39, 0.29) is 5.91 Å². The van der Waals surface area contributed by atoms with Crippen LogP contribution in [0.25, 0.3) is 11.0 Å². The van der Waals surface area contributed by atoms with Crippen molar-refractivity contribution in [3.05, 3.63) is 65.5 Å². The molecule has 1 aliphatic carbocycles. The van der Waals surface area contributed by atoms with Crippen LogP contribution >= 0.6 is 0 Å². The van der Waals surface area contributed by atoms with Crippen molar-refractivity contribution in [3.63, 3.8) is 0 Å². The summed E-state index contributed by atoms with van der Waals surface area (Å²) in [4.78, 5) is 33.8. The van der Waals surface area contributed by atoms with Crippen molar-refractivity contribution < 1.29 is 9.59 Å². The van der Waals surface area contributed by atoms with Gasteiger partial charge in [-0.1, -0.05) is 62.1 Å². The van der Waals surface area contributed by atoms with Gasteiger partial charge in [-0.05, 0) is 30.0 Å². The minimum Gasteiger partial charge on any atom is -0.340 e. The first kappa shape index (κ1) is 19.4. The molecule has 5 nitrogen and oxygen atoms in total. The van der Waals surface area contributed by atoms with Crippen LogP contribution in [-0.4, -0.2) is 27.1 Å². The molecule has 5 heteroatoms. The van der Waals surface area contributed by atoms with Gasteiger partial charge in [0.2, 0.25) is 5.91 Å². The van der Waals surface area contributed by atoms with E-state index in [2.05, 4.69) is 9.97 Å². The third-order valence-corrected chi connectivity index (χ3v) is 5.86. The molecule has 29 heavy (non-hydrogen) atoms. The maximum Gasteiger partial charge on any atom is 0.223 e. The summed E-state index contributed by atoms with van der Waals surface area (Å²) in [6.45, 7) is 0.966. The molecule has 0 bridgehead atoms. The first-order valence-electron chi connectivity index (χ1n) is 10.5. The Balaban J connectivity index is 1.49. The second-order valence-corrected chi connectivity index (χ2v) is 8.00. The number of H-pyrrole nitrogens is 1. The molecule has 0 atom stereocenters. The monoisotopic (exact) mass is 389 g/mol. The summed E-state index contributed by atoms with van der Waals surface area (Å²) in [7, 11) is 0. The van der Waals surface area contributed by atoms with Crippen LogP contribution in [0.5, 0.6) is 0 Å². The van der Waals surface area contributed by atoms with E-state index in [0.29, 0.717) is 31.0 Å². The summed E-state index contributed by atoms with van der Waals surface area (Å²) in [6, 6.07) is 15.3. The molecule has 1 aromatic heterocycles. The Labute approximate surface area is 171 Å². The largest absolute Gasteiger partial charge is 0.340 e. The third kappa shape index (κ3) is 4.91. The highest BCUT2D eigenvalue weighted by atomic mass is 16.2. The SMILES string of the molecule is O=Cc1ccc(CN(Cc2nc3ccccc3[nH]2)C(=O)CCC2CCCC2)cc1. The highest BCUT2D eigenvalue weighted by molar-refractivity contribution is 5.77. The summed E-state index contributed by atoms with van der Waals surface area (Å²) in [5.41, 5.74) is 3.55. The molecule has 1 N–H and O–H groups in total. The van der Waals surface area contributed by atoms with Gasteiger partial charge < -0.3 is 9.88 Å². The Bertz CT molecular complexity index is 938. The van der Waals surface area contributed by atoms with E-state index >= 15 is 0 Å². The number of benzene rings is 2. The molecule has 0 unspecified atom stereocenters. The maximum atomic E-state index is 13.1. The lowest BCUT2D eigenvalue weighted by Crippen LogP contribution is -2.30. The van der Waals surface area contributed by atoms with Crippen LogP contribution in [-0.2, 0) is 17.9 Å². The van der Waals surface area contributed by atoms with Crippen LogP contribution in [0.15, 0.2) is 48.5 Å². The number of fused-ring (bicyclic) bond motifs is 1. The molecule has 0 spiro atoms. The first-order chi connectivity index (χ1) is 14.2. The topological polar surface area (TPSA) is 66.1 Å². The van der Waals surface area contributed by atoms with Crippen LogP contribution in [0.4, 0.5) is 0 Å². The van der Waals surface area contributed by atoms with Gasteiger partial charge in [-0.3, -0.25) is 9.59 Å². The van der Waals surface area contributed by atoms with Gasteiger partial charge in [0.05, 0.1) is 17.6 Å². The second kappa shape index (κ2) is 9.03. The number of aromatic amines is 1. The Hall–Kier alpha value is -2.95. The number of hydrogen-bond acceptors (Lipinski definition) is 3. The fourth-order valence-corrected chi connectivity index (χ4v) is 4.20. The van der Waals surface area contributed by atoms with Gasteiger partial charge in [0.1, 0.15) is 12.1 Å². The Kier molecular flexibility index (Phi) is 6.03. The summed E-state index contributed by atoms with van der Waals surface area (Å²) in [5.74, 6) is 1.65. The fraction of sp³-hybridized carbons (Fsp3) is 0.375. The minimum atomic E-state index is 0.164. The molecule has 1 amide bonds. The molecule has 150 valence electrons. The zero-order chi connectivity index (χ0) is 20.1. The number of nitrogens with one attached hydrogen (secondary N) is 1. The van der Waals surface area contributed by atoms with E-state index in [4.69, 9.17) is 0 Å². The van der Waals surface area contributed by atoms with E-state index in [1.165, 1.54) is 25.7 Å². The predicted octanol–water partition coefficient (Wildman–Crippen LogP) is 4.87. The van der Waals surface area contributed by atoms with Gasteiger partial charge in [-0.15, -0.1) is 0 Å². The van der Waals surface area contributed by atoms with Crippen LogP contribution < -0.4 is 0 Å². The van der Waals surface area contributed by atoms with Gasteiger partial charge in [0.25, 0.3) is 0 Å². The lowest BCUT2D eigenvalue weighted by atomic mass is 10.0. The van der Waals surface area contributed by atoms with E-state index < -0.39 is 0 Å². The number of rotatable bonds is 8. The molecule has 4 rings (SSSR count). The average molecular weight is 389 g/mol. The lowest BCUT2D eigenvalue weighted by Gasteiger charge is -2.23. The van der Waals surface area contributed by atoms with E-state index in [1.807, 2.05) is 41.3 Å². The Morgan fingerprint density at radius 1 is 1.07 bits per heavy atom. The van der Waals surface area contributed by atoms with Crippen LogP contribution in [0.1, 0.15) is 60.3 Å². The minimum absolute atomic E-state index is 0.164. The average Bonchev–Trinajstić information content (AvgIpc) is 3.41. The Morgan fingerprint density at radius 3 is 2.55 bits per heavy atom. The maximum absolute atomic E-state index is 13.1. The molecule has 1 heterocycles. The van der Waals surface area contributed by atoms with Crippen molar-refractivity contribution in [1.82, 2.24) is 14.9 Å². The summed E-state index contributed by atoms with van der Waals surface area (Å²) in [6.07, 6.45) is 7.49. The predicted molar refractivity (Wildman–Crippen MR) is 113 cm³/mol. The number of aromatic nitrogens is 2. The van der Waals surface area contributed by atoms with Crippen molar-refractivity contribution >= 4 is 23.2 Å². The van der Waals surface area contributed by atoms with Gasteiger partial charge in [-0.2, -0.15) is 0 Å². The highest BCUT2D eigenvalue weighted by Gasteiger charge is 2.20. The molecule has 0 radical (unpaired) electrons. The molecule has 1 fully saturated rings. The zero-order valence-electron chi connectivity index (χ0n) is 16.6. The Morgan fingerprint density at radius 2 is 1.83 bits per heavy atom. The van der Waals surface area contributed by atoms with Gasteiger partial charge in [0.15, 0.2) is 0 Å². The third-order valence-electron chi connectivity index (χ3n) is 5.86. The summed E-state index contributed by atoms with van der Waals surface area (Å²) >= 11 is 0. The quantitative estimate of drug-likeness (QED) is 0.559. The molecular formula is C24H27N3O2.